The third-order valence-corrected chi connectivity index (χ3v) is 2.73. The van der Waals surface area contributed by atoms with E-state index in [2.05, 4.69) is 20.3 Å². The summed E-state index contributed by atoms with van der Waals surface area (Å²) in [5.74, 6) is 0.0292. The maximum atomic E-state index is 11.8. The second-order valence-corrected chi connectivity index (χ2v) is 4.08. The number of aromatic nitrogens is 4. The molecule has 2 aromatic heterocycles. The molecule has 2 heterocycles. The minimum atomic E-state index is -0.373. The number of rotatable bonds is 6. The van der Waals surface area contributed by atoms with Gasteiger partial charge in [0, 0.05) is 13.1 Å². The number of H-pyrrole nitrogens is 1. The van der Waals surface area contributed by atoms with Crippen molar-refractivity contribution in [1.29, 1.82) is 0 Å². The zero-order chi connectivity index (χ0) is 13.8. The maximum Gasteiger partial charge on any atom is 0.278 e. The van der Waals surface area contributed by atoms with Crippen molar-refractivity contribution in [3.63, 3.8) is 0 Å². The number of aromatic amines is 1. The molecule has 0 aliphatic carbocycles. The molecule has 9 nitrogen and oxygen atoms in total. The number of hydrogen-bond acceptors (Lipinski definition) is 7. The molecule has 2 rings (SSSR count). The number of nitrogens with zero attached hydrogens (tertiary/aromatic N) is 3. The van der Waals surface area contributed by atoms with Crippen LogP contribution in [0.25, 0.3) is 11.2 Å². The molecule has 0 unspecified atom stereocenters. The van der Waals surface area contributed by atoms with Crippen LogP contribution < -0.4 is 16.6 Å². The number of hydrogen-bond donors (Lipinski definition) is 5. The second-order valence-electron chi connectivity index (χ2n) is 4.08. The number of fused-ring (bicyclic) bond motifs is 1. The Bertz CT molecular complexity index is 603. The smallest absolute Gasteiger partial charge is 0.278 e. The lowest BCUT2D eigenvalue weighted by Crippen LogP contribution is -2.37. The Hall–Kier alpha value is -1.97. The van der Waals surface area contributed by atoms with Gasteiger partial charge in [-0.15, -0.1) is 0 Å². The van der Waals surface area contributed by atoms with E-state index in [1.807, 2.05) is 0 Å². The molecule has 0 radical (unpaired) electrons. The van der Waals surface area contributed by atoms with E-state index in [-0.39, 0.29) is 30.8 Å². The average molecular weight is 268 g/mol. The van der Waals surface area contributed by atoms with Gasteiger partial charge in [0.1, 0.15) is 0 Å². The van der Waals surface area contributed by atoms with E-state index in [9.17, 15) is 4.79 Å². The maximum absolute atomic E-state index is 11.8. The Morgan fingerprint density at radius 3 is 2.89 bits per heavy atom. The van der Waals surface area contributed by atoms with E-state index in [4.69, 9.17) is 15.9 Å². The van der Waals surface area contributed by atoms with Gasteiger partial charge < -0.3 is 25.8 Å². The van der Waals surface area contributed by atoms with E-state index in [1.54, 1.807) is 4.57 Å². The third-order valence-electron chi connectivity index (χ3n) is 2.73. The molecule has 0 aliphatic rings. The van der Waals surface area contributed by atoms with Gasteiger partial charge in [0.05, 0.1) is 25.6 Å². The lowest BCUT2D eigenvalue weighted by molar-refractivity contribution is 0.170. The second kappa shape index (κ2) is 5.78. The van der Waals surface area contributed by atoms with Gasteiger partial charge in [-0.25, -0.2) is 4.98 Å². The largest absolute Gasteiger partial charge is 0.395 e. The number of anilines is 1. The standard InChI is InChI=1S/C10H16N6O3/c11-10-14-8-7(9(19)15-10)16(5-13-8)2-1-12-6(3-17)4-18/h5-6,12,17-18H,1-4H2,(H3,11,14,15,19). The number of nitrogens with one attached hydrogen (secondary N) is 2. The van der Waals surface area contributed by atoms with Crippen molar-refractivity contribution in [2.24, 2.45) is 0 Å². The molecule has 0 saturated heterocycles. The van der Waals surface area contributed by atoms with Gasteiger partial charge in [-0.05, 0) is 0 Å². The summed E-state index contributed by atoms with van der Waals surface area (Å²) in [6, 6.07) is -0.373. The first kappa shape index (κ1) is 13.5. The Morgan fingerprint density at radius 2 is 2.21 bits per heavy atom. The van der Waals surface area contributed by atoms with Crippen LogP contribution in [0.1, 0.15) is 0 Å². The van der Waals surface area contributed by atoms with Crippen LogP contribution in [0.3, 0.4) is 0 Å². The van der Waals surface area contributed by atoms with Crippen LogP contribution in [0.5, 0.6) is 0 Å². The summed E-state index contributed by atoms with van der Waals surface area (Å²) >= 11 is 0. The van der Waals surface area contributed by atoms with Gasteiger partial charge >= 0.3 is 0 Å². The number of aliphatic hydroxyl groups is 2. The van der Waals surface area contributed by atoms with Gasteiger partial charge in [0.2, 0.25) is 5.95 Å². The highest BCUT2D eigenvalue weighted by Crippen LogP contribution is 2.05. The average Bonchev–Trinajstić information content (AvgIpc) is 2.78. The van der Waals surface area contributed by atoms with Crippen molar-refractivity contribution in [1.82, 2.24) is 24.8 Å². The molecule has 9 heteroatoms. The third kappa shape index (κ3) is 2.89. The van der Waals surface area contributed by atoms with Gasteiger partial charge in [-0.3, -0.25) is 9.78 Å². The Balaban J connectivity index is 2.12. The fourth-order valence-corrected chi connectivity index (χ4v) is 1.75. The number of nitrogen functional groups attached to an aromatic ring is 1. The lowest BCUT2D eigenvalue weighted by atomic mass is 10.3. The zero-order valence-corrected chi connectivity index (χ0v) is 10.2. The first-order valence-corrected chi connectivity index (χ1v) is 5.81. The van der Waals surface area contributed by atoms with E-state index in [0.29, 0.717) is 24.3 Å². The highest BCUT2D eigenvalue weighted by atomic mass is 16.3. The summed E-state index contributed by atoms with van der Waals surface area (Å²) in [5, 5.41) is 20.8. The van der Waals surface area contributed by atoms with Crippen LogP contribution in [-0.4, -0.2) is 55.5 Å². The highest BCUT2D eigenvalue weighted by molar-refractivity contribution is 5.70. The van der Waals surface area contributed by atoms with Crippen LogP contribution in [0.15, 0.2) is 11.1 Å². The molecule has 0 saturated carbocycles. The molecular weight excluding hydrogens is 252 g/mol. The highest BCUT2D eigenvalue weighted by Gasteiger charge is 2.10. The molecule has 104 valence electrons. The molecule has 19 heavy (non-hydrogen) atoms. The topological polar surface area (TPSA) is 142 Å². The predicted octanol–water partition coefficient (Wildman–Crippen LogP) is -2.36. The summed E-state index contributed by atoms with van der Waals surface area (Å²) in [4.78, 5) is 22.1. The van der Waals surface area contributed by atoms with Crippen LogP contribution in [-0.2, 0) is 6.54 Å². The molecule has 0 bridgehead atoms. The van der Waals surface area contributed by atoms with Crippen molar-refractivity contribution in [2.75, 3.05) is 25.5 Å². The Labute approximate surface area is 108 Å². The fraction of sp³-hybridized carbons (Fsp3) is 0.500. The van der Waals surface area contributed by atoms with E-state index < -0.39 is 0 Å². The first-order valence-electron chi connectivity index (χ1n) is 5.81. The van der Waals surface area contributed by atoms with Crippen molar-refractivity contribution in [2.45, 2.75) is 12.6 Å². The number of imidazole rings is 1. The minimum Gasteiger partial charge on any atom is -0.395 e. The summed E-state index contributed by atoms with van der Waals surface area (Å²) in [6.45, 7) is 0.627. The summed E-state index contributed by atoms with van der Waals surface area (Å²) < 4.78 is 1.64. The summed E-state index contributed by atoms with van der Waals surface area (Å²) in [6.07, 6.45) is 1.50. The van der Waals surface area contributed by atoms with Crippen molar-refractivity contribution in [3.05, 3.63) is 16.7 Å². The van der Waals surface area contributed by atoms with E-state index >= 15 is 0 Å². The van der Waals surface area contributed by atoms with Gasteiger partial charge in [0.25, 0.3) is 5.56 Å². The lowest BCUT2D eigenvalue weighted by Gasteiger charge is -2.13. The molecule has 0 fully saturated rings. The molecule has 0 amide bonds. The fourth-order valence-electron chi connectivity index (χ4n) is 1.75. The molecule has 0 spiro atoms. The van der Waals surface area contributed by atoms with Gasteiger partial charge in [0.15, 0.2) is 11.2 Å². The van der Waals surface area contributed by atoms with Crippen LogP contribution >= 0.6 is 0 Å². The number of aliphatic hydroxyl groups excluding tert-OH is 2. The van der Waals surface area contributed by atoms with Crippen LogP contribution in [0, 0.1) is 0 Å². The molecule has 2 aromatic rings. The Morgan fingerprint density at radius 1 is 1.47 bits per heavy atom. The quantitative estimate of drug-likeness (QED) is 0.394. The molecule has 6 N–H and O–H groups in total. The molecule has 0 aliphatic heterocycles. The minimum absolute atomic E-state index is 0.0292. The van der Waals surface area contributed by atoms with E-state index in [1.165, 1.54) is 6.33 Å². The monoisotopic (exact) mass is 268 g/mol. The Kier molecular flexibility index (Phi) is 4.10. The molecule has 0 aromatic carbocycles. The van der Waals surface area contributed by atoms with Crippen molar-refractivity contribution < 1.29 is 10.2 Å². The summed E-state index contributed by atoms with van der Waals surface area (Å²) in [7, 11) is 0. The van der Waals surface area contributed by atoms with Crippen LogP contribution in [0.2, 0.25) is 0 Å². The predicted molar refractivity (Wildman–Crippen MR) is 68.5 cm³/mol. The molecular formula is C10H16N6O3. The van der Waals surface area contributed by atoms with Gasteiger partial charge in [-0.2, -0.15) is 4.98 Å². The number of nitrogens with two attached hydrogens (primary N) is 1. The SMILES string of the molecule is Nc1nc2ncn(CCNC(CO)CO)c2c(=O)[nH]1. The van der Waals surface area contributed by atoms with Gasteiger partial charge in [-0.1, -0.05) is 0 Å². The molecule has 0 atom stereocenters. The van der Waals surface area contributed by atoms with E-state index in [0.717, 1.165) is 0 Å². The van der Waals surface area contributed by atoms with Crippen molar-refractivity contribution in [3.8, 4) is 0 Å². The zero-order valence-electron chi connectivity index (χ0n) is 10.2. The van der Waals surface area contributed by atoms with Crippen LogP contribution in [0.4, 0.5) is 5.95 Å². The normalized spacial score (nSPS) is 11.5. The summed E-state index contributed by atoms with van der Waals surface area (Å²) in [5.41, 5.74) is 5.72. The van der Waals surface area contributed by atoms with Crippen molar-refractivity contribution >= 4 is 17.1 Å². The first-order chi connectivity index (χ1) is 9.15.